The van der Waals surface area contributed by atoms with Crippen molar-refractivity contribution in [1.82, 2.24) is 5.32 Å². The van der Waals surface area contributed by atoms with Gasteiger partial charge in [0.05, 0.1) is 5.56 Å². The number of hydrogen-bond donors (Lipinski definition) is 2. The second kappa shape index (κ2) is 6.30. The van der Waals surface area contributed by atoms with Crippen LogP contribution in [0.2, 0.25) is 0 Å². The molecular weight excluding hydrogens is 297 g/mol. The van der Waals surface area contributed by atoms with Gasteiger partial charge in [-0.25, -0.2) is 9.18 Å². The Morgan fingerprint density at radius 3 is 2.61 bits per heavy atom. The van der Waals surface area contributed by atoms with E-state index in [9.17, 15) is 14.0 Å². The molecule has 1 saturated heterocycles. The number of hydrogen-bond acceptors (Lipinski definition) is 3. The van der Waals surface area contributed by atoms with Crippen LogP contribution in [0.3, 0.4) is 0 Å². The molecule has 0 bridgehead atoms. The van der Waals surface area contributed by atoms with Gasteiger partial charge >= 0.3 is 5.97 Å². The van der Waals surface area contributed by atoms with Gasteiger partial charge < -0.3 is 10.4 Å². The van der Waals surface area contributed by atoms with E-state index in [1.807, 2.05) is 0 Å². The third kappa shape index (κ3) is 3.00. The van der Waals surface area contributed by atoms with Crippen molar-refractivity contribution < 1.29 is 19.1 Å². The molecule has 1 fully saturated rings. The van der Waals surface area contributed by atoms with E-state index in [0.717, 1.165) is 19.0 Å². The van der Waals surface area contributed by atoms with Crippen LogP contribution in [-0.2, 0) is 0 Å². The molecule has 0 saturated carbocycles. The summed E-state index contributed by atoms with van der Waals surface area (Å²) in [5, 5.41) is 12.2. The molecular formula is C18H16FNO3. The summed E-state index contributed by atoms with van der Waals surface area (Å²) in [4.78, 5) is 23.8. The highest BCUT2D eigenvalue weighted by atomic mass is 19.1. The SMILES string of the molecule is O=C(O)c1cc(-c2ccccc2C(=O)C2CCNC2)ccc1F. The van der Waals surface area contributed by atoms with Crippen LogP contribution in [0.4, 0.5) is 4.39 Å². The lowest BCUT2D eigenvalue weighted by molar-refractivity contribution is 0.0691. The lowest BCUT2D eigenvalue weighted by Gasteiger charge is -2.13. The van der Waals surface area contributed by atoms with Crippen LogP contribution in [0.25, 0.3) is 11.1 Å². The summed E-state index contributed by atoms with van der Waals surface area (Å²) in [6, 6.07) is 11.0. The molecule has 3 rings (SSSR count). The van der Waals surface area contributed by atoms with E-state index in [4.69, 9.17) is 5.11 Å². The molecule has 1 heterocycles. The largest absolute Gasteiger partial charge is 0.478 e. The maximum Gasteiger partial charge on any atom is 0.338 e. The van der Waals surface area contributed by atoms with Crippen LogP contribution in [0.5, 0.6) is 0 Å². The third-order valence-electron chi connectivity index (χ3n) is 4.13. The summed E-state index contributed by atoms with van der Waals surface area (Å²) in [5.74, 6) is -2.15. The fraction of sp³-hybridized carbons (Fsp3) is 0.222. The summed E-state index contributed by atoms with van der Waals surface area (Å²) in [7, 11) is 0. The van der Waals surface area contributed by atoms with E-state index in [1.165, 1.54) is 12.1 Å². The van der Waals surface area contributed by atoms with E-state index in [2.05, 4.69) is 5.32 Å². The summed E-state index contributed by atoms with van der Waals surface area (Å²) in [6.45, 7) is 1.47. The van der Waals surface area contributed by atoms with Crippen LogP contribution >= 0.6 is 0 Å². The molecule has 2 aromatic carbocycles. The second-order valence-corrected chi connectivity index (χ2v) is 5.60. The molecule has 0 aliphatic carbocycles. The number of carbonyl (C=O) groups excluding carboxylic acids is 1. The van der Waals surface area contributed by atoms with Gasteiger partial charge in [0.15, 0.2) is 5.78 Å². The molecule has 0 amide bonds. The van der Waals surface area contributed by atoms with Crippen LogP contribution in [0.1, 0.15) is 27.1 Å². The first-order chi connectivity index (χ1) is 11.1. The first kappa shape index (κ1) is 15.4. The summed E-state index contributed by atoms with van der Waals surface area (Å²) >= 11 is 0. The predicted molar refractivity (Wildman–Crippen MR) is 84.1 cm³/mol. The maximum atomic E-state index is 13.6. The van der Waals surface area contributed by atoms with Crippen LogP contribution < -0.4 is 5.32 Å². The number of carbonyl (C=O) groups is 2. The Morgan fingerprint density at radius 1 is 1.13 bits per heavy atom. The Kier molecular flexibility index (Phi) is 4.21. The van der Waals surface area contributed by atoms with Crippen LogP contribution in [0.15, 0.2) is 42.5 Å². The average Bonchev–Trinajstić information content (AvgIpc) is 3.09. The lowest BCUT2D eigenvalue weighted by atomic mass is 9.90. The highest BCUT2D eigenvalue weighted by Crippen LogP contribution is 2.28. The smallest absolute Gasteiger partial charge is 0.338 e. The standard InChI is InChI=1S/C18H16FNO3/c19-16-6-5-11(9-15(16)18(22)23)13-3-1-2-4-14(13)17(21)12-7-8-20-10-12/h1-6,9,12,20H,7-8,10H2,(H,22,23). The number of Topliss-reactive ketones (excluding diaryl/α,β-unsaturated/α-hetero) is 1. The molecule has 23 heavy (non-hydrogen) atoms. The molecule has 4 nitrogen and oxygen atoms in total. The van der Waals surface area contributed by atoms with E-state index in [-0.39, 0.29) is 11.7 Å². The molecule has 118 valence electrons. The summed E-state index contributed by atoms with van der Waals surface area (Å²) in [5.41, 5.74) is 1.31. The molecule has 2 N–H and O–H groups in total. The number of ketones is 1. The number of carboxylic acid groups (broad SMARTS) is 1. The van der Waals surface area contributed by atoms with Gasteiger partial charge in [-0.2, -0.15) is 0 Å². The maximum absolute atomic E-state index is 13.6. The Balaban J connectivity index is 2.05. The Bertz CT molecular complexity index is 767. The molecule has 1 unspecified atom stereocenters. The van der Waals surface area contributed by atoms with Crippen molar-refractivity contribution in [1.29, 1.82) is 0 Å². The van der Waals surface area contributed by atoms with Gasteiger partial charge in [0.2, 0.25) is 0 Å². The molecule has 0 radical (unpaired) electrons. The Morgan fingerprint density at radius 2 is 1.91 bits per heavy atom. The molecule has 1 aliphatic rings. The molecule has 1 atom stereocenters. The zero-order valence-corrected chi connectivity index (χ0v) is 12.4. The number of aromatic carboxylic acids is 1. The topological polar surface area (TPSA) is 66.4 Å². The van der Waals surface area contributed by atoms with Gasteiger partial charge in [-0.15, -0.1) is 0 Å². The number of halogens is 1. The number of rotatable bonds is 4. The molecule has 0 spiro atoms. The van der Waals surface area contributed by atoms with Crippen molar-refractivity contribution in [2.75, 3.05) is 13.1 Å². The quantitative estimate of drug-likeness (QED) is 0.852. The van der Waals surface area contributed by atoms with Crippen LogP contribution in [0, 0.1) is 11.7 Å². The monoisotopic (exact) mass is 313 g/mol. The van der Waals surface area contributed by atoms with Crippen molar-refractivity contribution in [2.24, 2.45) is 5.92 Å². The molecule has 1 aliphatic heterocycles. The van der Waals surface area contributed by atoms with E-state index in [0.29, 0.717) is 23.2 Å². The molecule has 2 aromatic rings. The second-order valence-electron chi connectivity index (χ2n) is 5.60. The lowest BCUT2D eigenvalue weighted by Crippen LogP contribution is -2.18. The van der Waals surface area contributed by atoms with E-state index in [1.54, 1.807) is 24.3 Å². The minimum Gasteiger partial charge on any atom is -0.478 e. The average molecular weight is 313 g/mol. The molecule has 5 heteroatoms. The van der Waals surface area contributed by atoms with Gasteiger partial charge in [-0.3, -0.25) is 4.79 Å². The Labute approximate surface area is 133 Å². The summed E-state index contributed by atoms with van der Waals surface area (Å²) < 4.78 is 13.6. The van der Waals surface area contributed by atoms with Crippen molar-refractivity contribution in [2.45, 2.75) is 6.42 Å². The van der Waals surface area contributed by atoms with Gasteiger partial charge in [0, 0.05) is 18.0 Å². The van der Waals surface area contributed by atoms with Gasteiger partial charge in [-0.05, 0) is 36.2 Å². The fourth-order valence-corrected chi connectivity index (χ4v) is 2.90. The first-order valence-electron chi connectivity index (χ1n) is 7.45. The predicted octanol–water partition coefficient (Wildman–Crippen LogP) is 2.98. The van der Waals surface area contributed by atoms with Gasteiger partial charge in [-0.1, -0.05) is 30.3 Å². The minimum absolute atomic E-state index is 0.0341. The molecule has 0 aromatic heterocycles. The summed E-state index contributed by atoms with van der Waals surface area (Å²) in [6.07, 6.45) is 0.789. The first-order valence-corrected chi connectivity index (χ1v) is 7.45. The normalized spacial score (nSPS) is 17.2. The van der Waals surface area contributed by atoms with E-state index < -0.39 is 17.3 Å². The van der Waals surface area contributed by atoms with Crippen molar-refractivity contribution >= 4 is 11.8 Å². The zero-order chi connectivity index (χ0) is 16.4. The van der Waals surface area contributed by atoms with E-state index >= 15 is 0 Å². The number of nitrogens with one attached hydrogen (secondary N) is 1. The highest BCUT2D eigenvalue weighted by molar-refractivity contribution is 6.04. The van der Waals surface area contributed by atoms with Crippen molar-refractivity contribution in [3.05, 3.63) is 59.4 Å². The fourth-order valence-electron chi connectivity index (χ4n) is 2.90. The third-order valence-corrected chi connectivity index (χ3v) is 4.13. The highest BCUT2D eigenvalue weighted by Gasteiger charge is 2.25. The van der Waals surface area contributed by atoms with Crippen molar-refractivity contribution in [3.63, 3.8) is 0 Å². The number of benzene rings is 2. The van der Waals surface area contributed by atoms with Gasteiger partial charge in [0.25, 0.3) is 0 Å². The van der Waals surface area contributed by atoms with Gasteiger partial charge in [0.1, 0.15) is 5.82 Å². The minimum atomic E-state index is -1.33. The van der Waals surface area contributed by atoms with Crippen LogP contribution in [-0.4, -0.2) is 29.9 Å². The zero-order valence-electron chi connectivity index (χ0n) is 12.4. The number of carboxylic acids is 1. The van der Waals surface area contributed by atoms with Crippen molar-refractivity contribution in [3.8, 4) is 11.1 Å². The Hall–Kier alpha value is -2.53.